The number of fused-ring (bicyclic) bond motifs is 8. The average Bonchev–Trinajstić information content (AvgIpc) is 3.81. The highest BCUT2D eigenvalue weighted by molar-refractivity contribution is 6.24. The molecule has 0 radical (unpaired) electrons. The molecule has 73 heavy (non-hydrogen) atoms. The number of benzene rings is 11. The van der Waals surface area contributed by atoms with Gasteiger partial charge in [0.15, 0.2) is 17.5 Å². The second kappa shape index (κ2) is 17.5. The van der Waals surface area contributed by atoms with Crippen molar-refractivity contribution in [2.24, 2.45) is 0 Å². The van der Waals surface area contributed by atoms with Crippen LogP contribution in [0.1, 0.15) is 0 Å². The third kappa shape index (κ3) is 7.42. The van der Waals surface area contributed by atoms with Gasteiger partial charge in [0.25, 0.3) is 0 Å². The lowest BCUT2D eigenvalue weighted by atomic mass is 9.92. The summed E-state index contributed by atoms with van der Waals surface area (Å²) in [4.78, 5) is 21.2. The molecule has 11 aromatic carbocycles. The topological polar surface area (TPSA) is 56.5 Å². The van der Waals surface area contributed by atoms with Crippen molar-refractivity contribution in [2.45, 2.75) is 0 Å². The molecular weight excluding hydrogens is 887 g/mol. The lowest BCUT2D eigenvalue weighted by molar-refractivity contribution is 1.07. The number of hydrogen-bond acceptors (Lipinski definition) is 4. The van der Waals surface area contributed by atoms with Crippen molar-refractivity contribution >= 4 is 54.3 Å². The van der Waals surface area contributed by atoms with Crippen LogP contribution in [0.15, 0.2) is 261 Å². The first-order chi connectivity index (χ1) is 36.2. The van der Waals surface area contributed by atoms with Crippen molar-refractivity contribution in [1.29, 1.82) is 0 Å². The van der Waals surface area contributed by atoms with Crippen molar-refractivity contribution < 1.29 is 0 Å². The largest absolute Gasteiger partial charge is 0.309 e. The molecular formula is C68H43N5. The Morgan fingerprint density at radius 1 is 0.260 bits per heavy atom. The van der Waals surface area contributed by atoms with Gasteiger partial charge in [0.05, 0.1) is 22.2 Å². The minimum atomic E-state index is 0.593. The fourth-order valence-corrected chi connectivity index (χ4v) is 10.7. The van der Waals surface area contributed by atoms with Crippen LogP contribution in [0.2, 0.25) is 0 Å². The van der Waals surface area contributed by atoms with Crippen LogP contribution in [0, 0.1) is 0 Å². The zero-order chi connectivity index (χ0) is 48.2. The first-order valence-electron chi connectivity index (χ1n) is 24.7. The number of para-hydroxylation sites is 3. The Balaban J connectivity index is 0.901. The molecule has 0 saturated heterocycles. The van der Waals surface area contributed by atoms with Gasteiger partial charge in [-0.3, -0.25) is 0 Å². The van der Waals surface area contributed by atoms with Crippen LogP contribution in [0.3, 0.4) is 0 Å². The van der Waals surface area contributed by atoms with E-state index in [4.69, 9.17) is 19.9 Å². The van der Waals surface area contributed by atoms with Gasteiger partial charge in [0.2, 0.25) is 0 Å². The van der Waals surface area contributed by atoms with E-state index in [1.165, 1.54) is 38.0 Å². The third-order valence-corrected chi connectivity index (χ3v) is 14.2. The molecule has 0 spiro atoms. The SMILES string of the molecule is c1ccc(-c2cccc(-c3nc(-c4ccc(-c5nc6c(-c7ccc(-n8c9ccccc9c9ccccc98)cc7)cccc6c6c5ccc5ccccc56)cc4)nc(-c4cccc(-c5ccccc5)c4)n3)c2)cc1. The summed E-state index contributed by atoms with van der Waals surface area (Å²) < 4.78 is 2.36. The van der Waals surface area contributed by atoms with Crippen LogP contribution in [-0.4, -0.2) is 24.5 Å². The lowest BCUT2D eigenvalue weighted by Crippen LogP contribution is -2.00. The maximum atomic E-state index is 5.64. The molecule has 3 aromatic heterocycles. The molecule has 5 heteroatoms. The summed E-state index contributed by atoms with van der Waals surface area (Å²) >= 11 is 0. The summed E-state index contributed by atoms with van der Waals surface area (Å²) in [5, 5.41) is 8.29. The molecule has 14 rings (SSSR count). The minimum Gasteiger partial charge on any atom is -0.309 e. The molecule has 0 fully saturated rings. The number of nitrogens with zero attached hydrogens (tertiary/aromatic N) is 5. The zero-order valence-corrected chi connectivity index (χ0v) is 39.6. The molecule has 0 atom stereocenters. The van der Waals surface area contributed by atoms with Gasteiger partial charge in [-0.15, -0.1) is 0 Å². The molecule has 340 valence electrons. The maximum Gasteiger partial charge on any atom is 0.164 e. The van der Waals surface area contributed by atoms with Crippen LogP contribution in [-0.2, 0) is 0 Å². The third-order valence-electron chi connectivity index (χ3n) is 14.2. The van der Waals surface area contributed by atoms with E-state index >= 15 is 0 Å². The maximum absolute atomic E-state index is 5.64. The van der Waals surface area contributed by atoms with Crippen LogP contribution >= 0.6 is 0 Å². The van der Waals surface area contributed by atoms with Gasteiger partial charge in [0, 0.05) is 60.4 Å². The number of aromatic nitrogens is 5. The Kier molecular flexibility index (Phi) is 10.1. The minimum absolute atomic E-state index is 0.593. The first-order valence-corrected chi connectivity index (χ1v) is 24.7. The van der Waals surface area contributed by atoms with Crippen molar-refractivity contribution in [3.05, 3.63) is 261 Å². The normalized spacial score (nSPS) is 11.6. The second-order valence-electron chi connectivity index (χ2n) is 18.6. The summed E-state index contributed by atoms with van der Waals surface area (Å²) in [6, 6.07) is 92.3. The monoisotopic (exact) mass is 929 g/mol. The van der Waals surface area contributed by atoms with E-state index in [-0.39, 0.29) is 0 Å². The van der Waals surface area contributed by atoms with Gasteiger partial charge in [-0.05, 0) is 75.0 Å². The smallest absolute Gasteiger partial charge is 0.164 e. The van der Waals surface area contributed by atoms with Gasteiger partial charge in [0.1, 0.15) is 0 Å². The highest BCUT2D eigenvalue weighted by Gasteiger charge is 2.19. The molecule has 0 aliphatic rings. The summed E-state index contributed by atoms with van der Waals surface area (Å²) in [7, 11) is 0. The van der Waals surface area contributed by atoms with Crippen molar-refractivity contribution in [3.8, 4) is 84.5 Å². The molecule has 0 saturated carbocycles. The molecule has 0 bridgehead atoms. The predicted octanol–water partition coefficient (Wildman–Crippen LogP) is 17.5. The van der Waals surface area contributed by atoms with Crippen molar-refractivity contribution in [3.63, 3.8) is 0 Å². The fourth-order valence-electron chi connectivity index (χ4n) is 10.7. The Labute approximate surface area is 422 Å². The van der Waals surface area contributed by atoms with E-state index in [0.29, 0.717) is 17.5 Å². The van der Waals surface area contributed by atoms with E-state index in [0.717, 1.165) is 83.3 Å². The molecule has 0 aliphatic carbocycles. The van der Waals surface area contributed by atoms with Crippen LogP contribution in [0.4, 0.5) is 0 Å². The molecule has 0 aliphatic heterocycles. The van der Waals surface area contributed by atoms with Crippen molar-refractivity contribution in [2.75, 3.05) is 0 Å². The first kappa shape index (κ1) is 42.1. The van der Waals surface area contributed by atoms with Gasteiger partial charge in [-0.25, -0.2) is 19.9 Å². The van der Waals surface area contributed by atoms with E-state index in [1.807, 2.05) is 12.1 Å². The molecule has 3 heterocycles. The molecule has 14 aromatic rings. The van der Waals surface area contributed by atoms with Crippen molar-refractivity contribution in [1.82, 2.24) is 24.5 Å². The highest BCUT2D eigenvalue weighted by atomic mass is 15.0. The van der Waals surface area contributed by atoms with Gasteiger partial charge in [-0.1, -0.05) is 224 Å². The number of rotatable bonds is 8. The van der Waals surface area contributed by atoms with Gasteiger partial charge >= 0.3 is 0 Å². The summed E-state index contributed by atoms with van der Waals surface area (Å²) in [6.07, 6.45) is 0. The van der Waals surface area contributed by atoms with E-state index in [1.54, 1.807) is 0 Å². The van der Waals surface area contributed by atoms with Crippen LogP contribution in [0.25, 0.3) is 139 Å². The van der Waals surface area contributed by atoms with E-state index < -0.39 is 0 Å². The molecule has 0 N–H and O–H groups in total. The average molecular weight is 930 g/mol. The summed E-state index contributed by atoms with van der Waals surface area (Å²) in [6.45, 7) is 0. The number of hydrogen-bond donors (Lipinski definition) is 0. The predicted molar refractivity (Wildman–Crippen MR) is 303 cm³/mol. The Bertz CT molecular complexity index is 4250. The summed E-state index contributed by atoms with van der Waals surface area (Å²) in [5.74, 6) is 1.81. The zero-order valence-electron chi connectivity index (χ0n) is 39.6. The van der Waals surface area contributed by atoms with Crippen LogP contribution < -0.4 is 0 Å². The standard InChI is InChI=1S/C68H43N5/c1-3-16-44(17-4-1)50-21-13-23-52(42-50)67-70-66(71-68(72-67)53-24-14-22-51(43-53)45-18-5-2-6-19-45)49-34-32-48(33-35-49)64-60-41-38-46-20-7-8-25-55(46)63(60)59-29-15-28-56(65(59)69-64)47-36-39-54(40-37-47)73-61-30-11-9-26-57(61)58-27-10-12-31-62(58)73/h1-43H. The summed E-state index contributed by atoms with van der Waals surface area (Å²) in [5.41, 5.74) is 15.7. The van der Waals surface area contributed by atoms with Gasteiger partial charge in [-0.2, -0.15) is 0 Å². The Morgan fingerprint density at radius 2 is 0.726 bits per heavy atom. The second-order valence-corrected chi connectivity index (χ2v) is 18.6. The Hall–Kier alpha value is -9.84. The molecule has 0 amide bonds. The Morgan fingerprint density at radius 3 is 1.34 bits per heavy atom. The number of pyridine rings is 1. The van der Waals surface area contributed by atoms with Gasteiger partial charge < -0.3 is 4.57 Å². The lowest BCUT2D eigenvalue weighted by Gasteiger charge is -2.16. The molecule has 5 nitrogen and oxygen atoms in total. The van der Waals surface area contributed by atoms with E-state index in [9.17, 15) is 0 Å². The quantitative estimate of drug-likeness (QED) is 0.142. The highest BCUT2D eigenvalue weighted by Crippen LogP contribution is 2.41. The fraction of sp³-hybridized carbons (Fsp3) is 0. The molecule has 0 unspecified atom stereocenters. The van der Waals surface area contributed by atoms with E-state index in [2.05, 4.69) is 253 Å². The van der Waals surface area contributed by atoms with Crippen LogP contribution in [0.5, 0.6) is 0 Å².